The smallest absolute Gasteiger partial charge is 0.317 e. The van der Waals surface area contributed by atoms with Crippen molar-refractivity contribution in [2.24, 2.45) is 0 Å². The molecule has 0 aliphatic rings. The summed E-state index contributed by atoms with van der Waals surface area (Å²) in [5, 5.41) is 14.7. The first kappa shape index (κ1) is 15.3. The quantitative estimate of drug-likeness (QED) is 0.861. The van der Waals surface area contributed by atoms with Crippen LogP contribution < -0.4 is 5.32 Å². The Morgan fingerprint density at radius 1 is 1.33 bits per heavy atom. The zero-order valence-electron chi connectivity index (χ0n) is 11.8. The van der Waals surface area contributed by atoms with E-state index >= 15 is 0 Å². The molecule has 2 amide bonds. The van der Waals surface area contributed by atoms with Crippen LogP contribution in [-0.2, 0) is 11.2 Å². The van der Waals surface area contributed by atoms with E-state index in [9.17, 15) is 9.59 Å². The molecule has 1 heterocycles. The molecule has 1 aromatic heterocycles. The van der Waals surface area contributed by atoms with Crippen molar-refractivity contribution in [1.82, 2.24) is 10.2 Å². The van der Waals surface area contributed by atoms with Gasteiger partial charge in [-0.1, -0.05) is 18.2 Å². The van der Waals surface area contributed by atoms with Crippen molar-refractivity contribution in [2.45, 2.75) is 12.8 Å². The van der Waals surface area contributed by atoms with Gasteiger partial charge in [0.2, 0.25) is 0 Å². The van der Waals surface area contributed by atoms with Gasteiger partial charge in [-0.25, -0.2) is 4.79 Å². The van der Waals surface area contributed by atoms with Gasteiger partial charge in [-0.15, -0.1) is 11.3 Å². The number of rotatable bonds is 6. The van der Waals surface area contributed by atoms with Crippen molar-refractivity contribution in [2.75, 3.05) is 20.1 Å². The van der Waals surface area contributed by atoms with Crippen molar-refractivity contribution in [3.05, 3.63) is 35.2 Å². The van der Waals surface area contributed by atoms with Gasteiger partial charge in [0, 0.05) is 24.8 Å². The lowest BCUT2D eigenvalue weighted by Gasteiger charge is -2.16. The molecule has 0 saturated carbocycles. The first-order valence-electron chi connectivity index (χ1n) is 6.74. The van der Waals surface area contributed by atoms with Gasteiger partial charge in [-0.05, 0) is 28.8 Å². The van der Waals surface area contributed by atoms with Gasteiger partial charge >= 0.3 is 12.0 Å². The van der Waals surface area contributed by atoms with E-state index in [1.807, 2.05) is 12.1 Å². The van der Waals surface area contributed by atoms with E-state index in [0.29, 0.717) is 6.54 Å². The number of aliphatic carboxylic acids is 1. The highest BCUT2D eigenvalue weighted by Gasteiger charge is 2.10. The fourth-order valence-corrected chi connectivity index (χ4v) is 3.03. The minimum Gasteiger partial charge on any atom is -0.481 e. The summed E-state index contributed by atoms with van der Waals surface area (Å²) in [4.78, 5) is 23.6. The zero-order valence-corrected chi connectivity index (χ0v) is 12.7. The maximum absolute atomic E-state index is 11.8. The molecule has 0 spiro atoms. The van der Waals surface area contributed by atoms with E-state index in [-0.39, 0.29) is 19.0 Å². The SMILES string of the molecule is CN(CCC(=O)O)C(=O)NCCc1csc2ccccc12. The molecule has 21 heavy (non-hydrogen) atoms. The van der Waals surface area contributed by atoms with Crippen LogP contribution in [0.2, 0.25) is 0 Å². The summed E-state index contributed by atoms with van der Waals surface area (Å²) in [5.74, 6) is -0.903. The second-order valence-corrected chi connectivity index (χ2v) is 5.72. The highest BCUT2D eigenvalue weighted by Crippen LogP contribution is 2.25. The van der Waals surface area contributed by atoms with Crippen molar-refractivity contribution >= 4 is 33.4 Å². The number of nitrogens with one attached hydrogen (secondary N) is 1. The molecule has 0 radical (unpaired) electrons. The van der Waals surface area contributed by atoms with E-state index in [1.165, 1.54) is 20.5 Å². The monoisotopic (exact) mass is 306 g/mol. The molecule has 0 aliphatic carbocycles. The molecular weight excluding hydrogens is 288 g/mol. The lowest BCUT2D eigenvalue weighted by Crippen LogP contribution is -2.39. The van der Waals surface area contributed by atoms with Gasteiger partial charge in [0.25, 0.3) is 0 Å². The van der Waals surface area contributed by atoms with E-state index in [1.54, 1.807) is 18.4 Å². The summed E-state index contributed by atoms with van der Waals surface area (Å²) in [6.45, 7) is 0.750. The number of amides is 2. The second-order valence-electron chi connectivity index (χ2n) is 4.80. The van der Waals surface area contributed by atoms with Crippen LogP contribution in [0.1, 0.15) is 12.0 Å². The van der Waals surface area contributed by atoms with Crippen LogP contribution in [0.3, 0.4) is 0 Å². The zero-order chi connectivity index (χ0) is 15.2. The average Bonchev–Trinajstić information content (AvgIpc) is 2.88. The van der Waals surface area contributed by atoms with Crippen LogP contribution in [0, 0.1) is 0 Å². The van der Waals surface area contributed by atoms with Gasteiger partial charge in [-0.3, -0.25) is 4.79 Å². The maximum Gasteiger partial charge on any atom is 0.317 e. The van der Waals surface area contributed by atoms with Crippen LogP contribution in [0.5, 0.6) is 0 Å². The number of carbonyl (C=O) groups is 2. The summed E-state index contributed by atoms with van der Waals surface area (Å²) < 4.78 is 1.25. The standard InChI is InChI=1S/C15H18N2O3S/c1-17(9-7-14(18)19)15(20)16-8-6-11-10-21-13-5-3-2-4-12(11)13/h2-5,10H,6-9H2,1H3,(H,16,20)(H,18,19). The number of carboxylic acids is 1. The number of hydrogen-bond donors (Lipinski definition) is 2. The molecule has 6 heteroatoms. The molecule has 112 valence electrons. The molecule has 2 rings (SSSR count). The Balaban J connectivity index is 1.81. The molecule has 1 aromatic carbocycles. The highest BCUT2D eigenvalue weighted by molar-refractivity contribution is 7.17. The Morgan fingerprint density at radius 2 is 2.10 bits per heavy atom. The minimum atomic E-state index is -0.903. The molecule has 0 saturated heterocycles. The fraction of sp³-hybridized carbons (Fsp3) is 0.333. The number of nitrogens with zero attached hydrogens (tertiary/aromatic N) is 1. The Morgan fingerprint density at radius 3 is 2.86 bits per heavy atom. The number of thiophene rings is 1. The molecule has 2 N–H and O–H groups in total. The van der Waals surface area contributed by atoms with Gasteiger partial charge in [0.1, 0.15) is 0 Å². The van der Waals surface area contributed by atoms with Crippen LogP contribution in [0.4, 0.5) is 4.79 Å². The first-order valence-corrected chi connectivity index (χ1v) is 7.62. The molecular formula is C15H18N2O3S. The Bertz CT molecular complexity index is 639. The molecule has 5 nitrogen and oxygen atoms in total. The molecule has 0 aliphatic heterocycles. The topological polar surface area (TPSA) is 69.6 Å². The Labute approximate surface area is 127 Å². The molecule has 0 atom stereocenters. The third-order valence-corrected chi connectivity index (χ3v) is 4.25. The van der Waals surface area contributed by atoms with E-state index < -0.39 is 5.97 Å². The number of carboxylic acid groups (broad SMARTS) is 1. The molecule has 0 bridgehead atoms. The lowest BCUT2D eigenvalue weighted by atomic mass is 10.1. The summed E-state index contributed by atoms with van der Waals surface area (Å²) in [5.41, 5.74) is 1.23. The fourth-order valence-electron chi connectivity index (χ4n) is 2.03. The third kappa shape index (κ3) is 4.19. The summed E-state index contributed by atoms with van der Waals surface area (Å²) in [6, 6.07) is 7.96. The Kier molecular flexibility index (Phi) is 5.16. The summed E-state index contributed by atoms with van der Waals surface area (Å²) in [6.07, 6.45) is 0.724. The number of urea groups is 1. The molecule has 2 aromatic rings. The van der Waals surface area contributed by atoms with Gasteiger partial charge < -0.3 is 15.3 Å². The van der Waals surface area contributed by atoms with Crippen molar-refractivity contribution in [1.29, 1.82) is 0 Å². The number of hydrogen-bond acceptors (Lipinski definition) is 3. The number of fused-ring (bicyclic) bond motifs is 1. The molecule has 0 unspecified atom stereocenters. The number of carbonyl (C=O) groups excluding carboxylic acids is 1. The predicted molar refractivity (Wildman–Crippen MR) is 83.8 cm³/mol. The van der Waals surface area contributed by atoms with E-state index in [4.69, 9.17) is 5.11 Å². The van der Waals surface area contributed by atoms with Crippen LogP contribution in [-0.4, -0.2) is 42.1 Å². The van der Waals surface area contributed by atoms with Crippen molar-refractivity contribution < 1.29 is 14.7 Å². The van der Waals surface area contributed by atoms with Crippen LogP contribution in [0.15, 0.2) is 29.6 Å². The van der Waals surface area contributed by atoms with Crippen molar-refractivity contribution in [3.8, 4) is 0 Å². The third-order valence-electron chi connectivity index (χ3n) is 3.24. The largest absolute Gasteiger partial charge is 0.481 e. The van der Waals surface area contributed by atoms with Gasteiger partial charge in [0.05, 0.1) is 6.42 Å². The highest BCUT2D eigenvalue weighted by atomic mass is 32.1. The van der Waals surface area contributed by atoms with Gasteiger partial charge in [-0.2, -0.15) is 0 Å². The Hall–Kier alpha value is -2.08. The average molecular weight is 306 g/mol. The minimum absolute atomic E-state index is 0.0426. The van der Waals surface area contributed by atoms with E-state index in [2.05, 4.69) is 22.8 Å². The molecule has 0 fully saturated rings. The summed E-state index contributed by atoms with van der Waals surface area (Å²) >= 11 is 1.70. The maximum atomic E-state index is 11.8. The summed E-state index contributed by atoms with van der Waals surface area (Å²) in [7, 11) is 1.60. The normalized spacial score (nSPS) is 10.5. The first-order chi connectivity index (χ1) is 10.1. The van der Waals surface area contributed by atoms with E-state index in [0.717, 1.165) is 6.42 Å². The van der Waals surface area contributed by atoms with Crippen LogP contribution in [0.25, 0.3) is 10.1 Å². The second kappa shape index (κ2) is 7.08. The lowest BCUT2D eigenvalue weighted by molar-refractivity contribution is -0.137. The predicted octanol–water partition coefficient (Wildman–Crippen LogP) is 2.56. The van der Waals surface area contributed by atoms with Crippen LogP contribution >= 0.6 is 11.3 Å². The van der Waals surface area contributed by atoms with Crippen molar-refractivity contribution in [3.63, 3.8) is 0 Å². The number of benzene rings is 1. The van der Waals surface area contributed by atoms with Gasteiger partial charge in [0.15, 0.2) is 0 Å².